The van der Waals surface area contributed by atoms with Gasteiger partial charge in [-0.25, -0.2) is 0 Å². The fourth-order valence-electron chi connectivity index (χ4n) is 1.73. The van der Waals surface area contributed by atoms with Crippen molar-refractivity contribution in [3.05, 3.63) is 74.6 Å². The number of benzene rings is 2. The van der Waals surface area contributed by atoms with Crippen LogP contribution in [0.1, 0.15) is 0 Å². The lowest BCUT2D eigenvalue weighted by molar-refractivity contribution is 1.40. The molecule has 0 N–H and O–H groups in total. The molecule has 3 aromatic rings. The maximum atomic E-state index is 2.22. The molecule has 1 aromatic heterocycles. The van der Waals surface area contributed by atoms with Gasteiger partial charge in [0, 0.05) is 20.6 Å². The van der Waals surface area contributed by atoms with Crippen LogP contribution in [0.5, 0.6) is 0 Å². The molecule has 0 atom stereocenters. The lowest BCUT2D eigenvalue weighted by atomic mass is 10.4. The zero-order valence-corrected chi connectivity index (χ0v) is 12.1. The van der Waals surface area contributed by atoms with Gasteiger partial charge in [-0.15, -0.1) is 22.7 Å². The molecular weight excluding hydrogens is 276 g/mol. The highest BCUT2D eigenvalue weighted by molar-refractivity contribution is 8.11. The molecular formula is C15H12S3. The first kappa shape index (κ1) is 11.9. The van der Waals surface area contributed by atoms with E-state index in [9.17, 15) is 0 Å². The molecule has 90 valence electrons. The van der Waals surface area contributed by atoms with Crippen LogP contribution in [0.3, 0.4) is 0 Å². The topological polar surface area (TPSA) is 0 Å². The highest BCUT2D eigenvalue weighted by Crippen LogP contribution is 2.40. The first-order valence-electron chi connectivity index (χ1n) is 5.65. The third-order valence-corrected chi connectivity index (χ3v) is 7.59. The highest BCUT2D eigenvalue weighted by atomic mass is 32.2. The molecule has 0 fully saturated rings. The minimum Gasteiger partial charge on any atom is -0.126 e. The summed E-state index contributed by atoms with van der Waals surface area (Å²) in [5.41, 5.74) is 0. The summed E-state index contributed by atoms with van der Waals surface area (Å²) >= 11 is 3.70. The third-order valence-electron chi connectivity index (χ3n) is 2.51. The van der Waals surface area contributed by atoms with Gasteiger partial charge >= 0.3 is 0 Å². The molecule has 0 radical (unpaired) electrons. The van der Waals surface area contributed by atoms with Crippen molar-refractivity contribution >= 4 is 33.2 Å². The van der Waals surface area contributed by atoms with Crippen LogP contribution in [0.15, 0.2) is 81.2 Å². The van der Waals surface area contributed by atoms with Crippen LogP contribution < -0.4 is 0 Å². The SMILES string of the molecule is c1ccc(S(c2ccccc2)=c2sccs2)cc1. The maximum absolute atomic E-state index is 2.22. The summed E-state index contributed by atoms with van der Waals surface area (Å²) in [6, 6.07) is 21.5. The second-order valence-electron chi connectivity index (χ2n) is 3.69. The van der Waals surface area contributed by atoms with E-state index in [0.717, 1.165) is 0 Å². The molecule has 0 saturated carbocycles. The highest BCUT2D eigenvalue weighted by Gasteiger charge is 2.04. The average Bonchev–Trinajstić information content (AvgIpc) is 2.95. The van der Waals surface area contributed by atoms with Crippen molar-refractivity contribution in [3.63, 3.8) is 0 Å². The summed E-state index contributed by atoms with van der Waals surface area (Å²) in [4.78, 5) is 2.78. The molecule has 0 amide bonds. The van der Waals surface area contributed by atoms with E-state index >= 15 is 0 Å². The van der Waals surface area contributed by atoms with Crippen LogP contribution in [0.2, 0.25) is 0 Å². The van der Waals surface area contributed by atoms with Crippen molar-refractivity contribution in [2.75, 3.05) is 0 Å². The summed E-state index contributed by atoms with van der Waals surface area (Å²) in [6.45, 7) is 0. The first-order chi connectivity index (χ1) is 8.95. The van der Waals surface area contributed by atoms with E-state index in [1.165, 1.54) is 12.9 Å². The molecule has 0 nitrogen and oxygen atoms in total. The molecule has 18 heavy (non-hydrogen) atoms. The molecule has 2 aromatic carbocycles. The van der Waals surface area contributed by atoms with Gasteiger partial charge in [-0.2, -0.15) is 0 Å². The molecule has 3 heteroatoms. The molecule has 0 unspecified atom stereocenters. The molecule has 0 aliphatic carbocycles. The van der Waals surface area contributed by atoms with Crippen molar-refractivity contribution in [2.45, 2.75) is 9.79 Å². The van der Waals surface area contributed by atoms with E-state index in [1.807, 2.05) is 22.7 Å². The Labute approximate surface area is 117 Å². The second-order valence-corrected chi connectivity index (χ2v) is 8.26. The predicted octanol–water partition coefficient (Wildman–Crippen LogP) is 5.73. The van der Waals surface area contributed by atoms with E-state index < -0.39 is 0 Å². The third kappa shape index (κ3) is 2.48. The van der Waals surface area contributed by atoms with Gasteiger partial charge in [0.2, 0.25) is 0 Å². The van der Waals surface area contributed by atoms with Gasteiger partial charge < -0.3 is 0 Å². The minimum absolute atomic E-state index is 0.0535. The van der Waals surface area contributed by atoms with Gasteiger partial charge in [-0.05, 0) is 24.3 Å². The minimum atomic E-state index is 0.0535. The average molecular weight is 288 g/mol. The Morgan fingerprint density at radius 3 is 1.50 bits per heavy atom. The second kappa shape index (κ2) is 5.65. The quantitative estimate of drug-likeness (QED) is 0.528. The van der Waals surface area contributed by atoms with Crippen molar-refractivity contribution in [2.24, 2.45) is 0 Å². The normalized spacial score (nSPS) is 10.7. The summed E-state index contributed by atoms with van der Waals surface area (Å²) in [7, 11) is 0.0535. The fourth-order valence-corrected chi connectivity index (χ4v) is 6.73. The van der Waals surface area contributed by atoms with Crippen molar-refractivity contribution in [3.8, 4) is 0 Å². The summed E-state index contributed by atoms with van der Waals surface area (Å²) in [6.07, 6.45) is 0. The molecule has 0 saturated heterocycles. The molecule has 0 spiro atoms. The van der Waals surface area contributed by atoms with Crippen molar-refractivity contribution < 1.29 is 0 Å². The number of rotatable bonds is 2. The molecule has 0 aliphatic heterocycles. The van der Waals surface area contributed by atoms with E-state index in [2.05, 4.69) is 71.4 Å². The molecule has 0 bridgehead atoms. The van der Waals surface area contributed by atoms with Crippen LogP contribution in [-0.4, -0.2) is 0 Å². The maximum Gasteiger partial charge on any atom is 0.112 e. The van der Waals surface area contributed by atoms with Gasteiger partial charge in [0.25, 0.3) is 0 Å². The monoisotopic (exact) mass is 288 g/mol. The van der Waals surface area contributed by atoms with Crippen LogP contribution in [0, 0.1) is 3.14 Å². The van der Waals surface area contributed by atoms with Crippen LogP contribution in [0.25, 0.3) is 0 Å². The number of hydrogen-bond donors (Lipinski definition) is 0. The smallest absolute Gasteiger partial charge is 0.112 e. The van der Waals surface area contributed by atoms with E-state index in [1.54, 1.807) is 0 Å². The van der Waals surface area contributed by atoms with Gasteiger partial charge in [0.1, 0.15) is 3.14 Å². The van der Waals surface area contributed by atoms with E-state index in [4.69, 9.17) is 0 Å². The lowest BCUT2D eigenvalue weighted by Gasteiger charge is -2.08. The zero-order chi connectivity index (χ0) is 12.2. The fraction of sp³-hybridized carbons (Fsp3) is 0. The predicted molar refractivity (Wildman–Crippen MR) is 82.4 cm³/mol. The van der Waals surface area contributed by atoms with Crippen molar-refractivity contribution in [1.29, 1.82) is 0 Å². The summed E-state index contributed by atoms with van der Waals surface area (Å²) in [5, 5.41) is 4.34. The Kier molecular flexibility index (Phi) is 3.74. The Bertz CT molecular complexity index is 620. The van der Waals surface area contributed by atoms with Gasteiger partial charge in [-0.3, -0.25) is 0 Å². The zero-order valence-electron chi connectivity index (χ0n) is 9.65. The summed E-state index contributed by atoms with van der Waals surface area (Å²) < 4.78 is 1.47. The molecule has 3 rings (SSSR count). The Balaban J connectivity index is 2.29. The Morgan fingerprint density at radius 1 is 0.611 bits per heavy atom. The van der Waals surface area contributed by atoms with Gasteiger partial charge in [0.05, 0.1) is 0 Å². The van der Waals surface area contributed by atoms with Crippen LogP contribution >= 0.6 is 33.2 Å². The largest absolute Gasteiger partial charge is 0.126 e. The van der Waals surface area contributed by atoms with E-state index in [-0.39, 0.29) is 10.5 Å². The first-order valence-corrected chi connectivity index (χ1v) is 8.63. The summed E-state index contributed by atoms with van der Waals surface area (Å²) in [5.74, 6) is 0. The van der Waals surface area contributed by atoms with E-state index in [0.29, 0.717) is 0 Å². The van der Waals surface area contributed by atoms with Gasteiger partial charge in [-0.1, -0.05) is 46.9 Å². The van der Waals surface area contributed by atoms with Gasteiger partial charge in [0.15, 0.2) is 0 Å². The molecule has 0 aliphatic rings. The van der Waals surface area contributed by atoms with Crippen molar-refractivity contribution in [1.82, 2.24) is 0 Å². The molecule has 1 heterocycles. The van der Waals surface area contributed by atoms with Crippen LogP contribution in [-0.2, 0) is 0 Å². The number of hydrogen-bond acceptors (Lipinski definition) is 2. The Morgan fingerprint density at radius 2 is 1.06 bits per heavy atom. The van der Waals surface area contributed by atoms with Crippen LogP contribution in [0.4, 0.5) is 0 Å². The lowest BCUT2D eigenvalue weighted by Crippen LogP contribution is -1.77. The Hall–Kier alpha value is -1.16. The standard InChI is InChI=1S/C15H12S3/c1-3-7-13(8-4-1)18(15-16-11-12-17-15)14-9-5-2-6-10-14/h1-12H.